The Hall–Kier alpha value is -2.39. The number of rotatable bonds is 41. The average molecular weight is 913 g/mol. The Balaban J connectivity index is 2.41. The van der Waals surface area contributed by atoms with Gasteiger partial charge in [-0.1, -0.05) is 184 Å². The molecule has 0 aromatic carbocycles. The molecule has 12 nitrogen and oxygen atoms in total. The van der Waals surface area contributed by atoms with E-state index < -0.39 is 71.2 Å². The zero-order chi connectivity index (χ0) is 46.2. The van der Waals surface area contributed by atoms with E-state index in [9.17, 15) is 37.9 Å². The number of unbranched alkanes of at least 4 members (excludes halogenated alkanes) is 21. The van der Waals surface area contributed by atoms with E-state index in [1.165, 1.54) is 89.9 Å². The van der Waals surface area contributed by atoms with Crippen LogP contribution in [0.25, 0.3) is 0 Å². The highest BCUT2D eigenvalue weighted by Crippen LogP contribution is 2.24. The number of aliphatic hydroxyl groups excluding tert-OH is 3. The average Bonchev–Trinajstić information content (AvgIpc) is 3.25. The van der Waals surface area contributed by atoms with Crippen LogP contribution in [0.5, 0.6) is 0 Å². The van der Waals surface area contributed by atoms with E-state index in [1.807, 2.05) is 0 Å². The fourth-order valence-corrected chi connectivity index (χ4v) is 8.07. The standard InChI is InChI=1S/C50H88O12S/c1-3-5-7-9-11-13-15-17-19-21-23-24-26-28-30-32-34-36-38-45(51)59-40-43(41-60-50-49(55)48(54)47(53)44(62-50)42-63(56,57)58)61-46(52)39-37-35-33-31-29-27-25-22-20-18-16-14-12-10-8-6-4-2/h6,8,12,14,18,20,25,27,43-44,47-50,53-55H,3-5,7,9-11,13,15-17,19,21-24,26,28-42H2,1-2H3,(H,56,57,58)/b8-6-,14-12-,20-18-,27-25-. The van der Waals surface area contributed by atoms with E-state index in [0.717, 1.165) is 70.6 Å². The molecule has 1 fully saturated rings. The summed E-state index contributed by atoms with van der Waals surface area (Å²) in [6, 6.07) is 0. The fourth-order valence-electron chi connectivity index (χ4n) is 7.37. The fraction of sp³-hybridized carbons (Fsp3) is 0.800. The Morgan fingerprint density at radius 3 is 1.49 bits per heavy atom. The van der Waals surface area contributed by atoms with E-state index in [2.05, 4.69) is 62.5 Å². The predicted molar refractivity (Wildman–Crippen MR) is 252 cm³/mol. The van der Waals surface area contributed by atoms with Gasteiger partial charge in [0, 0.05) is 12.8 Å². The molecule has 6 atom stereocenters. The van der Waals surface area contributed by atoms with Gasteiger partial charge >= 0.3 is 11.9 Å². The van der Waals surface area contributed by atoms with Crippen LogP contribution in [-0.2, 0) is 38.7 Å². The van der Waals surface area contributed by atoms with Crippen molar-refractivity contribution in [2.45, 2.75) is 237 Å². The number of esters is 2. The van der Waals surface area contributed by atoms with Crippen molar-refractivity contribution in [1.82, 2.24) is 0 Å². The van der Waals surface area contributed by atoms with Crippen molar-refractivity contribution >= 4 is 22.1 Å². The molecule has 0 amide bonds. The first-order chi connectivity index (χ1) is 30.5. The molecule has 0 aromatic heterocycles. The first-order valence-corrected chi connectivity index (χ1v) is 26.3. The van der Waals surface area contributed by atoms with Crippen molar-refractivity contribution in [1.29, 1.82) is 0 Å². The van der Waals surface area contributed by atoms with Crippen LogP contribution in [0, 0.1) is 0 Å². The second-order valence-electron chi connectivity index (χ2n) is 17.1. The second kappa shape index (κ2) is 39.9. The maximum absolute atomic E-state index is 12.8. The van der Waals surface area contributed by atoms with E-state index in [4.69, 9.17) is 18.9 Å². The summed E-state index contributed by atoms with van der Waals surface area (Å²) >= 11 is 0. The molecule has 0 aromatic rings. The van der Waals surface area contributed by atoms with Crippen LogP contribution in [0.3, 0.4) is 0 Å². The van der Waals surface area contributed by atoms with Crippen molar-refractivity contribution in [3.63, 3.8) is 0 Å². The SMILES string of the molecule is CC/C=C\C/C=C\C/C=C\C/C=C\CCCCCCC(=O)OC(COC(=O)CCCCCCCCCCCCCCCCCCCC)COC1OC(CS(=O)(=O)O)C(O)C(O)C1O. The lowest BCUT2D eigenvalue weighted by Gasteiger charge is -2.40. The summed E-state index contributed by atoms with van der Waals surface area (Å²) < 4.78 is 54.2. The molecule has 1 rings (SSSR count). The zero-order valence-electron chi connectivity index (χ0n) is 39.2. The van der Waals surface area contributed by atoms with Gasteiger partial charge in [-0.15, -0.1) is 0 Å². The molecule has 0 radical (unpaired) electrons. The highest BCUT2D eigenvalue weighted by atomic mass is 32.2. The Bertz CT molecular complexity index is 1350. The third-order valence-corrected chi connectivity index (χ3v) is 11.9. The molecule has 0 spiro atoms. The van der Waals surface area contributed by atoms with Gasteiger partial charge < -0.3 is 34.3 Å². The maximum atomic E-state index is 12.8. The molecule has 1 aliphatic rings. The largest absolute Gasteiger partial charge is 0.462 e. The molecule has 63 heavy (non-hydrogen) atoms. The molecule has 0 bridgehead atoms. The number of allylic oxidation sites excluding steroid dienone is 8. The van der Waals surface area contributed by atoms with Gasteiger partial charge in [-0.3, -0.25) is 14.1 Å². The summed E-state index contributed by atoms with van der Waals surface area (Å²) in [5.74, 6) is -2.01. The van der Waals surface area contributed by atoms with Gasteiger partial charge in [0.25, 0.3) is 10.1 Å². The molecule has 0 aliphatic carbocycles. The molecule has 1 aliphatic heterocycles. The van der Waals surface area contributed by atoms with Crippen LogP contribution in [-0.4, -0.2) is 96.0 Å². The predicted octanol–water partition coefficient (Wildman–Crippen LogP) is 10.7. The van der Waals surface area contributed by atoms with Crippen molar-refractivity contribution < 1.29 is 56.8 Å². The van der Waals surface area contributed by atoms with Gasteiger partial charge in [-0.05, 0) is 51.4 Å². The van der Waals surface area contributed by atoms with E-state index in [1.54, 1.807) is 0 Å². The van der Waals surface area contributed by atoms with E-state index >= 15 is 0 Å². The van der Waals surface area contributed by atoms with E-state index in [0.29, 0.717) is 12.8 Å². The highest BCUT2D eigenvalue weighted by Gasteiger charge is 2.46. The highest BCUT2D eigenvalue weighted by molar-refractivity contribution is 7.85. The lowest BCUT2D eigenvalue weighted by atomic mass is 10.00. The van der Waals surface area contributed by atoms with Gasteiger partial charge in [0.1, 0.15) is 36.8 Å². The molecule has 13 heteroatoms. The molecular weight excluding hydrogens is 825 g/mol. The lowest BCUT2D eigenvalue weighted by molar-refractivity contribution is -0.297. The van der Waals surface area contributed by atoms with Gasteiger partial charge in [0.15, 0.2) is 12.4 Å². The topological polar surface area (TPSA) is 186 Å². The first kappa shape index (κ1) is 58.6. The summed E-state index contributed by atoms with van der Waals surface area (Å²) in [4.78, 5) is 25.5. The number of carbonyl (C=O) groups excluding carboxylic acids is 2. The molecule has 0 saturated carbocycles. The maximum Gasteiger partial charge on any atom is 0.306 e. The normalized spacial score (nSPS) is 20.1. The van der Waals surface area contributed by atoms with Crippen molar-refractivity contribution in [3.05, 3.63) is 48.6 Å². The van der Waals surface area contributed by atoms with Gasteiger partial charge in [0.05, 0.1) is 6.61 Å². The number of ether oxygens (including phenoxy) is 4. The third kappa shape index (κ3) is 34.6. The minimum atomic E-state index is -4.61. The number of aliphatic hydroxyl groups is 3. The summed E-state index contributed by atoms with van der Waals surface area (Å²) in [6.07, 6.45) is 38.6. The van der Waals surface area contributed by atoms with Crippen molar-refractivity contribution in [2.24, 2.45) is 0 Å². The van der Waals surface area contributed by atoms with Gasteiger partial charge in [-0.25, -0.2) is 0 Å². The molecule has 1 saturated heterocycles. The Labute approximate surface area is 382 Å². The zero-order valence-corrected chi connectivity index (χ0v) is 40.0. The minimum Gasteiger partial charge on any atom is -0.462 e. The van der Waals surface area contributed by atoms with Crippen LogP contribution in [0.1, 0.15) is 200 Å². The van der Waals surface area contributed by atoms with Crippen molar-refractivity contribution in [2.75, 3.05) is 19.0 Å². The van der Waals surface area contributed by atoms with Crippen LogP contribution in [0.15, 0.2) is 48.6 Å². The van der Waals surface area contributed by atoms with Gasteiger partial charge in [-0.2, -0.15) is 8.42 Å². The molecule has 6 unspecified atom stereocenters. The Morgan fingerprint density at radius 2 is 1.00 bits per heavy atom. The quantitative estimate of drug-likeness (QED) is 0.0197. The second-order valence-corrected chi connectivity index (χ2v) is 18.6. The van der Waals surface area contributed by atoms with Crippen LogP contribution in [0.2, 0.25) is 0 Å². The number of hydrogen-bond acceptors (Lipinski definition) is 11. The Kier molecular flexibility index (Phi) is 37.2. The molecule has 1 heterocycles. The third-order valence-electron chi connectivity index (χ3n) is 11.2. The van der Waals surface area contributed by atoms with Crippen LogP contribution < -0.4 is 0 Å². The summed E-state index contributed by atoms with van der Waals surface area (Å²) in [5.41, 5.74) is 0. The van der Waals surface area contributed by atoms with Crippen LogP contribution >= 0.6 is 0 Å². The van der Waals surface area contributed by atoms with Crippen LogP contribution in [0.4, 0.5) is 0 Å². The molecule has 366 valence electrons. The summed E-state index contributed by atoms with van der Waals surface area (Å²) in [7, 11) is -4.61. The minimum absolute atomic E-state index is 0.137. The smallest absolute Gasteiger partial charge is 0.306 e. The molecular formula is C50H88O12S. The Morgan fingerprint density at radius 1 is 0.556 bits per heavy atom. The first-order valence-electron chi connectivity index (χ1n) is 24.7. The van der Waals surface area contributed by atoms with E-state index in [-0.39, 0.29) is 19.4 Å². The van der Waals surface area contributed by atoms with Crippen molar-refractivity contribution in [3.8, 4) is 0 Å². The molecule has 4 N–H and O–H groups in total. The summed E-state index contributed by atoms with van der Waals surface area (Å²) in [5, 5.41) is 30.9. The summed E-state index contributed by atoms with van der Waals surface area (Å²) in [6.45, 7) is 3.65. The number of hydrogen-bond donors (Lipinski definition) is 4. The lowest BCUT2D eigenvalue weighted by Crippen LogP contribution is -2.60. The monoisotopic (exact) mass is 913 g/mol. The number of carbonyl (C=O) groups is 2. The van der Waals surface area contributed by atoms with Gasteiger partial charge in [0.2, 0.25) is 0 Å².